The van der Waals surface area contributed by atoms with Gasteiger partial charge in [0.1, 0.15) is 0 Å². The molecule has 0 saturated carbocycles. The Hall–Kier alpha value is -0.820. The second-order valence-electron chi connectivity index (χ2n) is 5.38. The smallest absolute Gasteiger partial charge is 0.0142 e. The fraction of sp³-hybridized carbons (Fsp3) is 0.571. The summed E-state index contributed by atoms with van der Waals surface area (Å²) in [5, 5.41) is 3.67. The maximum absolute atomic E-state index is 3.67. The molecule has 1 fully saturated rings. The normalized spacial score (nSPS) is 38.5. The van der Waals surface area contributed by atoms with Gasteiger partial charge in [-0.25, -0.2) is 0 Å². The van der Waals surface area contributed by atoms with Crippen LogP contribution in [0.2, 0.25) is 0 Å². The third kappa shape index (κ3) is 1.19. The summed E-state index contributed by atoms with van der Waals surface area (Å²) in [7, 11) is 0. The summed E-state index contributed by atoms with van der Waals surface area (Å²) in [5.74, 6) is 0.765. The molecule has 1 aliphatic heterocycles. The van der Waals surface area contributed by atoms with E-state index in [2.05, 4.69) is 43.4 Å². The summed E-state index contributed by atoms with van der Waals surface area (Å²) >= 11 is 0. The van der Waals surface area contributed by atoms with E-state index in [1.165, 1.54) is 19.4 Å². The third-order valence-electron chi connectivity index (χ3n) is 4.73. The van der Waals surface area contributed by atoms with Gasteiger partial charge in [0, 0.05) is 6.04 Å². The molecule has 2 bridgehead atoms. The van der Waals surface area contributed by atoms with Gasteiger partial charge in [0.25, 0.3) is 0 Å². The van der Waals surface area contributed by atoms with Crippen LogP contribution in [0.5, 0.6) is 0 Å². The molecule has 1 aromatic rings. The average Bonchev–Trinajstić information content (AvgIpc) is 2.23. The molecule has 1 N–H and O–H groups in total. The molecule has 1 heterocycles. The Labute approximate surface area is 91.9 Å². The number of hydrogen-bond donors (Lipinski definition) is 1. The standard InChI is InChI=1S/C14H19N/c1-10-13-9-11-5-3-4-6-12(11)14(10,2)7-8-15-13/h3-6,10,13,15H,7-9H2,1-2H3/t10?,13-,14+/m0/s1. The first kappa shape index (κ1) is 9.41. The highest BCUT2D eigenvalue weighted by Gasteiger charge is 2.44. The lowest BCUT2D eigenvalue weighted by molar-refractivity contribution is 0.158. The third-order valence-corrected chi connectivity index (χ3v) is 4.73. The molecule has 1 nitrogen and oxygen atoms in total. The zero-order valence-electron chi connectivity index (χ0n) is 9.59. The number of benzene rings is 1. The maximum atomic E-state index is 3.67. The van der Waals surface area contributed by atoms with Crippen molar-refractivity contribution in [1.82, 2.24) is 5.32 Å². The molecule has 0 amide bonds. The molecule has 0 radical (unpaired) electrons. The minimum Gasteiger partial charge on any atom is -0.313 e. The highest BCUT2D eigenvalue weighted by Crippen LogP contribution is 2.45. The van der Waals surface area contributed by atoms with Crippen molar-refractivity contribution < 1.29 is 0 Å². The van der Waals surface area contributed by atoms with E-state index in [9.17, 15) is 0 Å². The Bertz CT molecular complexity index is 385. The number of piperidine rings is 1. The summed E-state index contributed by atoms with van der Waals surface area (Å²) in [6.45, 7) is 6.04. The van der Waals surface area contributed by atoms with E-state index in [1.54, 1.807) is 11.1 Å². The van der Waals surface area contributed by atoms with Crippen LogP contribution in [-0.2, 0) is 11.8 Å². The quantitative estimate of drug-likeness (QED) is 0.680. The first-order valence-electron chi connectivity index (χ1n) is 6.03. The van der Waals surface area contributed by atoms with Gasteiger partial charge in [-0.1, -0.05) is 38.1 Å². The van der Waals surface area contributed by atoms with Crippen LogP contribution in [0, 0.1) is 5.92 Å². The van der Waals surface area contributed by atoms with Crippen LogP contribution < -0.4 is 5.32 Å². The van der Waals surface area contributed by atoms with E-state index in [-0.39, 0.29) is 0 Å². The zero-order chi connectivity index (χ0) is 10.5. The lowest BCUT2D eigenvalue weighted by Gasteiger charge is -2.50. The minimum absolute atomic E-state index is 0.408. The summed E-state index contributed by atoms with van der Waals surface area (Å²) in [4.78, 5) is 0. The first-order chi connectivity index (χ1) is 7.22. The van der Waals surface area contributed by atoms with Crippen molar-refractivity contribution >= 4 is 0 Å². The molecule has 3 atom stereocenters. The Morgan fingerprint density at radius 2 is 2.13 bits per heavy atom. The topological polar surface area (TPSA) is 12.0 Å². The van der Waals surface area contributed by atoms with E-state index in [0.29, 0.717) is 11.5 Å². The molecule has 1 aliphatic carbocycles. The lowest BCUT2D eigenvalue weighted by atomic mass is 9.60. The predicted octanol–water partition coefficient (Wildman–Crippen LogP) is 2.50. The fourth-order valence-corrected chi connectivity index (χ4v) is 3.49. The second kappa shape index (κ2) is 3.08. The zero-order valence-corrected chi connectivity index (χ0v) is 9.59. The van der Waals surface area contributed by atoms with Crippen molar-refractivity contribution in [2.75, 3.05) is 6.54 Å². The van der Waals surface area contributed by atoms with Gasteiger partial charge in [-0.3, -0.25) is 0 Å². The molecule has 1 saturated heterocycles. The molecule has 80 valence electrons. The van der Waals surface area contributed by atoms with Crippen LogP contribution in [-0.4, -0.2) is 12.6 Å². The number of fused-ring (bicyclic) bond motifs is 4. The Morgan fingerprint density at radius 3 is 3.00 bits per heavy atom. The summed E-state index contributed by atoms with van der Waals surface area (Å²) in [6, 6.07) is 9.71. The van der Waals surface area contributed by atoms with Gasteiger partial charge in [0.05, 0.1) is 0 Å². The fourth-order valence-electron chi connectivity index (χ4n) is 3.49. The summed E-state index contributed by atoms with van der Waals surface area (Å²) in [6.07, 6.45) is 2.49. The van der Waals surface area contributed by atoms with Crippen molar-refractivity contribution in [2.24, 2.45) is 5.92 Å². The monoisotopic (exact) mass is 201 g/mol. The largest absolute Gasteiger partial charge is 0.313 e. The van der Waals surface area contributed by atoms with E-state index in [0.717, 1.165) is 5.92 Å². The minimum atomic E-state index is 0.408. The molecule has 1 heteroatoms. The van der Waals surface area contributed by atoms with Crippen LogP contribution >= 0.6 is 0 Å². The SMILES string of the molecule is CC1[C@@H]2Cc3ccccc3[C@]1(C)CCN2. The van der Waals surface area contributed by atoms with Crippen molar-refractivity contribution in [2.45, 2.75) is 38.1 Å². The molecule has 15 heavy (non-hydrogen) atoms. The summed E-state index contributed by atoms with van der Waals surface area (Å²) < 4.78 is 0. The molecule has 3 rings (SSSR count). The summed E-state index contributed by atoms with van der Waals surface area (Å²) in [5.41, 5.74) is 3.58. The van der Waals surface area contributed by atoms with Crippen LogP contribution in [0.4, 0.5) is 0 Å². The van der Waals surface area contributed by atoms with E-state index >= 15 is 0 Å². The van der Waals surface area contributed by atoms with Crippen LogP contribution in [0.1, 0.15) is 31.4 Å². The van der Waals surface area contributed by atoms with Crippen molar-refractivity contribution in [3.05, 3.63) is 35.4 Å². The van der Waals surface area contributed by atoms with Gasteiger partial charge in [0.15, 0.2) is 0 Å². The van der Waals surface area contributed by atoms with Crippen molar-refractivity contribution in [1.29, 1.82) is 0 Å². The molecule has 1 unspecified atom stereocenters. The average molecular weight is 201 g/mol. The van der Waals surface area contributed by atoms with Gasteiger partial charge >= 0.3 is 0 Å². The Kier molecular flexibility index (Phi) is 1.93. The molecular weight excluding hydrogens is 182 g/mol. The van der Waals surface area contributed by atoms with Gasteiger partial charge in [-0.15, -0.1) is 0 Å². The highest BCUT2D eigenvalue weighted by atomic mass is 14.9. The van der Waals surface area contributed by atoms with Crippen molar-refractivity contribution in [3.63, 3.8) is 0 Å². The lowest BCUT2D eigenvalue weighted by Crippen LogP contribution is -2.56. The van der Waals surface area contributed by atoms with E-state index in [4.69, 9.17) is 0 Å². The molecule has 0 spiro atoms. The Balaban J connectivity index is 2.17. The predicted molar refractivity (Wildman–Crippen MR) is 63.1 cm³/mol. The van der Waals surface area contributed by atoms with E-state index in [1.807, 2.05) is 0 Å². The van der Waals surface area contributed by atoms with E-state index < -0.39 is 0 Å². The molecule has 1 aromatic carbocycles. The molecule has 0 aromatic heterocycles. The van der Waals surface area contributed by atoms with Gasteiger partial charge in [-0.05, 0) is 41.8 Å². The van der Waals surface area contributed by atoms with Gasteiger partial charge in [0.2, 0.25) is 0 Å². The van der Waals surface area contributed by atoms with Crippen LogP contribution in [0.15, 0.2) is 24.3 Å². The molecule has 2 aliphatic rings. The second-order valence-corrected chi connectivity index (χ2v) is 5.38. The van der Waals surface area contributed by atoms with Crippen LogP contribution in [0.25, 0.3) is 0 Å². The van der Waals surface area contributed by atoms with Gasteiger partial charge < -0.3 is 5.32 Å². The van der Waals surface area contributed by atoms with Gasteiger partial charge in [-0.2, -0.15) is 0 Å². The number of rotatable bonds is 0. The number of nitrogens with one attached hydrogen (secondary N) is 1. The Morgan fingerprint density at radius 1 is 1.33 bits per heavy atom. The maximum Gasteiger partial charge on any atom is 0.0142 e. The first-order valence-corrected chi connectivity index (χ1v) is 6.03. The number of hydrogen-bond acceptors (Lipinski definition) is 1. The van der Waals surface area contributed by atoms with Crippen molar-refractivity contribution in [3.8, 4) is 0 Å². The van der Waals surface area contributed by atoms with Crippen LogP contribution in [0.3, 0.4) is 0 Å². The molecular formula is C14H19N. The highest BCUT2D eigenvalue weighted by molar-refractivity contribution is 5.39.